The van der Waals surface area contributed by atoms with E-state index in [1.807, 2.05) is 17.8 Å². The number of hydrogen-bond donors (Lipinski definition) is 1. The zero-order valence-electron chi connectivity index (χ0n) is 10.1. The lowest BCUT2D eigenvalue weighted by Gasteiger charge is -2.22. The van der Waals surface area contributed by atoms with E-state index in [4.69, 9.17) is 0 Å². The molecule has 1 saturated heterocycles. The molecule has 1 fully saturated rings. The van der Waals surface area contributed by atoms with E-state index in [1.165, 1.54) is 30.4 Å². The summed E-state index contributed by atoms with van der Waals surface area (Å²) in [5.74, 6) is 3.31. The van der Waals surface area contributed by atoms with Gasteiger partial charge in [0.25, 0.3) is 0 Å². The van der Waals surface area contributed by atoms with Gasteiger partial charge < -0.3 is 10.1 Å². The molecular formula is C13H17F2NOS. The standard InChI is InChI=1S/C13H17F2NOS/c14-13(15)17-12-5-1-4-11(7-12)16-8-10-3-2-6-18-9-10/h1,4-5,7,10,13,16H,2-3,6,8-9H2. The van der Waals surface area contributed by atoms with Crippen LogP contribution in [0, 0.1) is 5.92 Å². The Morgan fingerprint density at radius 3 is 3.06 bits per heavy atom. The molecule has 1 atom stereocenters. The van der Waals surface area contributed by atoms with Gasteiger partial charge in [0, 0.05) is 18.3 Å². The molecule has 2 nitrogen and oxygen atoms in total. The minimum Gasteiger partial charge on any atom is -0.435 e. The summed E-state index contributed by atoms with van der Waals surface area (Å²) < 4.78 is 28.5. The lowest BCUT2D eigenvalue weighted by Crippen LogP contribution is -2.20. The third kappa shape index (κ3) is 4.37. The van der Waals surface area contributed by atoms with Crippen LogP contribution in [0.2, 0.25) is 0 Å². The highest BCUT2D eigenvalue weighted by Gasteiger charge is 2.13. The van der Waals surface area contributed by atoms with Gasteiger partial charge in [-0.1, -0.05) is 6.07 Å². The Labute approximate surface area is 110 Å². The number of alkyl halides is 2. The average Bonchev–Trinajstić information content (AvgIpc) is 2.37. The molecule has 1 heterocycles. The molecule has 1 aromatic carbocycles. The molecule has 0 radical (unpaired) electrons. The van der Waals surface area contributed by atoms with Crippen LogP contribution in [0.3, 0.4) is 0 Å². The van der Waals surface area contributed by atoms with E-state index in [2.05, 4.69) is 10.1 Å². The zero-order chi connectivity index (χ0) is 12.8. The molecule has 1 N–H and O–H groups in total. The molecule has 1 aliphatic heterocycles. The second kappa shape index (κ2) is 6.83. The Bertz CT molecular complexity index is 370. The Kier molecular flexibility index (Phi) is 5.11. The second-order valence-electron chi connectivity index (χ2n) is 4.37. The van der Waals surface area contributed by atoms with Gasteiger partial charge in [0.05, 0.1) is 0 Å². The smallest absolute Gasteiger partial charge is 0.387 e. The predicted molar refractivity (Wildman–Crippen MR) is 71.6 cm³/mol. The summed E-state index contributed by atoms with van der Waals surface area (Å²) >= 11 is 1.99. The number of rotatable bonds is 5. The minimum atomic E-state index is -2.77. The molecule has 0 spiro atoms. The lowest BCUT2D eigenvalue weighted by molar-refractivity contribution is -0.0498. The number of halogens is 2. The summed E-state index contributed by atoms with van der Waals surface area (Å²) in [7, 11) is 0. The van der Waals surface area contributed by atoms with Crippen molar-refractivity contribution in [2.24, 2.45) is 5.92 Å². The fourth-order valence-electron chi connectivity index (χ4n) is 2.01. The molecule has 0 amide bonds. The molecule has 5 heteroatoms. The van der Waals surface area contributed by atoms with E-state index < -0.39 is 6.61 Å². The van der Waals surface area contributed by atoms with Crippen LogP contribution < -0.4 is 10.1 Å². The van der Waals surface area contributed by atoms with Crippen LogP contribution in [-0.2, 0) is 0 Å². The van der Waals surface area contributed by atoms with Crippen LogP contribution in [0.1, 0.15) is 12.8 Å². The van der Waals surface area contributed by atoms with Gasteiger partial charge in [-0.25, -0.2) is 0 Å². The van der Waals surface area contributed by atoms with E-state index in [1.54, 1.807) is 12.1 Å². The van der Waals surface area contributed by atoms with Crippen molar-refractivity contribution in [1.82, 2.24) is 0 Å². The fraction of sp³-hybridized carbons (Fsp3) is 0.538. The summed E-state index contributed by atoms with van der Waals surface area (Å²) in [6.45, 7) is -1.87. The van der Waals surface area contributed by atoms with E-state index in [-0.39, 0.29) is 5.75 Å². The van der Waals surface area contributed by atoms with Gasteiger partial charge >= 0.3 is 6.61 Å². The number of ether oxygens (including phenoxy) is 1. The van der Waals surface area contributed by atoms with Crippen LogP contribution in [-0.4, -0.2) is 24.7 Å². The topological polar surface area (TPSA) is 21.3 Å². The Morgan fingerprint density at radius 1 is 1.44 bits per heavy atom. The number of nitrogens with one attached hydrogen (secondary N) is 1. The minimum absolute atomic E-state index is 0.202. The lowest BCUT2D eigenvalue weighted by atomic mass is 10.1. The maximum Gasteiger partial charge on any atom is 0.387 e. The van der Waals surface area contributed by atoms with Gasteiger partial charge in [0.1, 0.15) is 5.75 Å². The van der Waals surface area contributed by atoms with Crippen molar-refractivity contribution < 1.29 is 13.5 Å². The highest BCUT2D eigenvalue weighted by atomic mass is 32.2. The van der Waals surface area contributed by atoms with Crippen molar-refractivity contribution in [1.29, 1.82) is 0 Å². The van der Waals surface area contributed by atoms with Gasteiger partial charge in [-0.3, -0.25) is 0 Å². The van der Waals surface area contributed by atoms with Gasteiger partial charge in [-0.15, -0.1) is 0 Å². The Morgan fingerprint density at radius 2 is 2.33 bits per heavy atom. The predicted octanol–water partition coefficient (Wildman–Crippen LogP) is 3.84. The van der Waals surface area contributed by atoms with Crippen molar-refractivity contribution in [3.05, 3.63) is 24.3 Å². The van der Waals surface area contributed by atoms with E-state index in [9.17, 15) is 8.78 Å². The molecule has 1 aromatic rings. The molecule has 0 bridgehead atoms. The number of thioether (sulfide) groups is 1. The fourth-order valence-corrected chi connectivity index (χ4v) is 3.17. The van der Waals surface area contributed by atoms with Gasteiger partial charge in [0.2, 0.25) is 0 Å². The molecule has 0 aromatic heterocycles. The van der Waals surface area contributed by atoms with Crippen molar-refractivity contribution >= 4 is 17.4 Å². The maximum absolute atomic E-state index is 12.1. The first-order valence-corrected chi connectivity index (χ1v) is 7.26. The number of anilines is 1. The molecular weight excluding hydrogens is 256 g/mol. The molecule has 100 valence electrons. The van der Waals surface area contributed by atoms with Gasteiger partial charge in [-0.05, 0) is 42.4 Å². The van der Waals surface area contributed by atoms with Crippen LogP contribution in [0.5, 0.6) is 5.75 Å². The first kappa shape index (κ1) is 13.5. The Hall–Kier alpha value is -0.970. The first-order valence-electron chi connectivity index (χ1n) is 6.10. The van der Waals surface area contributed by atoms with Crippen molar-refractivity contribution in [2.45, 2.75) is 19.5 Å². The largest absolute Gasteiger partial charge is 0.435 e. The summed E-state index contributed by atoms with van der Waals surface area (Å²) in [5, 5.41) is 3.29. The van der Waals surface area contributed by atoms with Gasteiger partial charge in [0.15, 0.2) is 0 Å². The van der Waals surface area contributed by atoms with Crippen LogP contribution >= 0.6 is 11.8 Å². The van der Waals surface area contributed by atoms with Crippen molar-refractivity contribution in [3.8, 4) is 5.75 Å². The third-order valence-corrected chi connectivity index (χ3v) is 4.19. The monoisotopic (exact) mass is 273 g/mol. The molecule has 0 saturated carbocycles. The zero-order valence-corrected chi connectivity index (χ0v) is 10.9. The van der Waals surface area contributed by atoms with Crippen LogP contribution in [0.25, 0.3) is 0 Å². The SMILES string of the molecule is FC(F)Oc1cccc(NCC2CCCSC2)c1. The molecule has 2 rings (SSSR count). The summed E-state index contributed by atoms with van der Waals surface area (Å²) in [6.07, 6.45) is 2.51. The normalized spacial score (nSPS) is 19.8. The van der Waals surface area contributed by atoms with E-state index >= 15 is 0 Å². The molecule has 1 aliphatic rings. The average molecular weight is 273 g/mol. The Balaban J connectivity index is 1.84. The molecule has 18 heavy (non-hydrogen) atoms. The molecule has 0 aliphatic carbocycles. The summed E-state index contributed by atoms with van der Waals surface area (Å²) in [4.78, 5) is 0. The first-order chi connectivity index (χ1) is 8.74. The van der Waals surface area contributed by atoms with Gasteiger partial charge in [-0.2, -0.15) is 20.5 Å². The van der Waals surface area contributed by atoms with E-state index in [0.717, 1.165) is 12.2 Å². The van der Waals surface area contributed by atoms with E-state index in [0.29, 0.717) is 5.92 Å². The quantitative estimate of drug-likeness (QED) is 0.880. The van der Waals surface area contributed by atoms with Crippen molar-refractivity contribution in [3.63, 3.8) is 0 Å². The van der Waals surface area contributed by atoms with Crippen LogP contribution in [0.15, 0.2) is 24.3 Å². The maximum atomic E-state index is 12.1. The highest BCUT2D eigenvalue weighted by molar-refractivity contribution is 7.99. The summed E-state index contributed by atoms with van der Waals surface area (Å²) in [6, 6.07) is 6.74. The second-order valence-corrected chi connectivity index (χ2v) is 5.52. The number of benzene rings is 1. The van der Waals surface area contributed by atoms with Crippen LogP contribution in [0.4, 0.5) is 14.5 Å². The van der Waals surface area contributed by atoms with Crippen molar-refractivity contribution in [2.75, 3.05) is 23.4 Å². The third-order valence-electron chi connectivity index (χ3n) is 2.91. The summed E-state index contributed by atoms with van der Waals surface area (Å²) in [5.41, 5.74) is 0.837. The highest BCUT2D eigenvalue weighted by Crippen LogP contribution is 2.24. The molecule has 1 unspecified atom stereocenters. The number of hydrogen-bond acceptors (Lipinski definition) is 3.